The summed E-state index contributed by atoms with van der Waals surface area (Å²) in [5, 5.41) is 10.7. The van der Waals surface area contributed by atoms with Crippen molar-refractivity contribution in [2.45, 2.75) is 44.6 Å². The van der Waals surface area contributed by atoms with Crippen LogP contribution in [0, 0.1) is 6.92 Å². The predicted octanol–water partition coefficient (Wildman–Crippen LogP) is 7.87. The number of benzene rings is 3. The van der Waals surface area contributed by atoms with Gasteiger partial charge in [-0.25, -0.2) is 9.98 Å². The van der Waals surface area contributed by atoms with Crippen molar-refractivity contribution in [1.82, 2.24) is 0 Å². The molecular weight excluding hydrogens is 506 g/mol. The van der Waals surface area contributed by atoms with Gasteiger partial charge in [0, 0.05) is 10.7 Å². The molecule has 0 saturated heterocycles. The van der Waals surface area contributed by atoms with Crippen molar-refractivity contribution in [3.05, 3.63) is 83.4 Å². The molecule has 1 N–H and O–H groups in total. The van der Waals surface area contributed by atoms with E-state index >= 15 is 0 Å². The fraction of sp³-hybridized carbons (Fsp3) is 0.276. The third kappa shape index (κ3) is 5.53. The van der Waals surface area contributed by atoms with Crippen LogP contribution in [0.2, 0.25) is 5.02 Å². The van der Waals surface area contributed by atoms with Crippen molar-refractivity contribution in [3.63, 3.8) is 0 Å². The number of amidine groups is 2. The maximum absolute atomic E-state index is 11.5. The van der Waals surface area contributed by atoms with E-state index in [0.717, 1.165) is 48.5 Å². The molecule has 3 aromatic rings. The zero-order valence-corrected chi connectivity index (χ0v) is 22.1. The second-order valence-electron chi connectivity index (χ2n) is 9.28. The minimum atomic E-state index is -0.874. The molecule has 5 rings (SSSR count). The first-order valence-electron chi connectivity index (χ1n) is 12.4. The van der Waals surface area contributed by atoms with Gasteiger partial charge in [-0.1, -0.05) is 60.8 Å². The van der Waals surface area contributed by atoms with Gasteiger partial charge < -0.3 is 14.7 Å². The molecule has 1 saturated carbocycles. The topological polar surface area (TPSA) is 74.5 Å². The Kier molecular flexibility index (Phi) is 7.53. The summed E-state index contributed by atoms with van der Waals surface area (Å²) < 4.78 is 5.99. The van der Waals surface area contributed by atoms with E-state index in [9.17, 15) is 9.90 Å². The molecule has 6 nitrogen and oxygen atoms in total. The van der Waals surface area contributed by atoms with E-state index < -0.39 is 11.5 Å². The molecule has 1 spiro atoms. The second kappa shape index (κ2) is 11.0. The summed E-state index contributed by atoms with van der Waals surface area (Å²) in [5.74, 6) is 1.22. The molecule has 1 fully saturated rings. The predicted molar refractivity (Wildman–Crippen MR) is 152 cm³/mol. The lowest BCUT2D eigenvalue weighted by molar-refractivity contribution is -0.133. The van der Waals surface area contributed by atoms with Crippen molar-refractivity contribution in [3.8, 4) is 11.5 Å². The van der Waals surface area contributed by atoms with Gasteiger partial charge in [0.2, 0.25) is 0 Å². The van der Waals surface area contributed by atoms with Gasteiger partial charge in [0.25, 0.3) is 0 Å². The van der Waals surface area contributed by atoms with Crippen molar-refractivity contribution in [2.24, 2.45) is 9.98 Å². The number of halogens is 1. The molecule has 2 aliphatic rings. The molecule has 8 heteroatoms. The van der Waals surface area contributed by atoms with Crippen molar-refractivity contribution in [1.29, 1.82) is 0 Å². The van der Waals surface area contributed by atoms with Crippen LogP contribution in [0.1, 0.15) is 37.7 Å². The number of hydrogen-bond donors (Lipinski definition) is 1. The second-order valence-corrected chi connectivity index (χ2v) is 10.7. The normalized spacial score (nSPS) is 17.7. The van der Waals surface area contributed by atoms with E-state index in [1.807, 2.05) is 67.6 Å². The number of anilines is 1. The Morgan fingerprint density at radius 3 is 2.32 bits per heavy atom. The number of carbonyl (C=O) groups is 1. The van der Waals surface area contributed by atoms with Crippen LogP contribution in [0.25, 0.3) is 0 Å². The Labute approximate surface area is 226 Å². The fourth-order valence-electron chi connectivity index (χ4n) is 4.93. The van der Waals surface area contributed by atoms with Gasteiger partial charge in [0.05, 0.1) is 11.4 Å². The third-order valence-electron chi connectivity index (χ3n) is 6.73. The first-order valence-corrected chi connectivity index (χ1v) is 13.7. The Hall–Kier alpha value is -3.29. The first kappa shape index (κ1) is 25.4. The van der Waals surface area contributed by atoms with Crippen LogP contribution >= 0.6 is 23.4 Å². The Morgan fingerprint density at radius 2 is 1.68 bits per heavy atom. The Balaban J connectivity index is 1.53. The van der Waals surface area contributed by atoms with Crippen LogP contribution in [-0.2, 0) is 4.79 Å². The highest BCUT2D eigenvalue weighted by Gasteiger charge is 2.50. The number of rotatable bonds is 6. The lowest BCUT2D eigenvalue weighted by Crippen LogP contribution is -2.52. The number of hydrogen-bond acceptors (Lipinski definition) is 5. The standard InChI is InChI=1S/C29H28ClN3O3S/c1-20-7-3-4-8-25(20)31-27-29(17-5-2-6-18-29)33(28(32-27)37-19-26(34)35)22-11-15-24(16-12-22)36-23-13-9-21(30)10-14-23/h3-4,7-16H,2,5-6,17-19H2,1H3,(H,34,35). The quantitative estimate of drug-likeness (QED) is 0.349. The fourth-order valence-corrected chi connectivity index (χ4v) is 5.87. The number of aliphatic carboxylic acids is 1. The van der Waals surface area contributed by atoms with E-state index in [2.05, 4.69) is 4.90 Å². The molecule has 1 aliphatic heterocycles. The Bertz CT molecular complexity index is 1330. The van der Waals surface area contributed by atoms with Gasteiger partial charge in [-0.3, -0.25) is 4.79 Å². The van der Waals surface area contributed by atoms with E-state index in [4.69, 9.17) is 26.3 Å². The molecule has 190 valence electrons. The van der Waals surface area contributed by atoms with Gasteiger partial charge in [-0.15, -0.1) is 0 Å². The molecular formula is C29H28ClN3O3S. The molecule has 0 atom stereocenters. The largest absolute Gasteiger partial charge is 0.481 e. The molecule has 1 aliphatic carbocycles. The summed E-state index contributed by atoms with van der Waals surface area (Å²) >= 11 is 7.23. The number of nitrogens with zero attached hydrogens (tertiary/aromatic N) is 3. The molecule has 0 amide bonds. The molecule has 0 bridgehead atoms. The maximum Gasteiger partial charge on any atom is 0.313 e. The van der Waals surface area contributed by atoms with E-state index in [1.54, 1.807) is 12.1 Å². The van der Waals surface area contributed by atoms with Crippen LogP contribution in [0.5, 0.6) is 11.5 Å². The van der Waals surface area contributed by atoms with Crippen LogP contribution in [0.4, 0.5) is 11.4 Å². The van der Waals surface area contributed by atoms with E-state index in [1.165, 1.54) is 18.2 Å². The van der Waals surface area contributed by atoms with E-state index in [-0.39, 0.29) is 5.75 Å². The summed E-state index contributed by atoms with van der Waals surface area (Å²) in [6.07, 6.45) is 5.10. The van der Waals surface area contributed by atoms with Gasteiger partial charge in [-0.2, -0.15) is 0 Å². The van der Waals surface area contributed by atoms with Gasteiger partial charge >= 0.3 is 5.97 Å². The summed E-state index contributed by atoms with van der Waals surface area (Å²) in [4.78, 5) is 23.7. The summed E-state index contributed by atoms with van der Waals surface area (Å²) in [6, 6.07) is 23.1. The van der Waals surface area contributed by atoms with E-state index in [0.29, 0.717) is 21.7 Å². The molecule has 37 heavy (non-hydrogen) atoms. The minimum Gasteiger partial charge on any atom is -0.481 e. The van der Waals surface area contributed by atoms with Gasteiger partial charge in [0.1, 0.15) is 17.0 Å². The highest BCUT2D eigenvalue weighted by molar-refractivity contribution is 8.14. The molecule has 0 unspecified atom stereocenters. The lowest BCUT2D eigenvalue weighted by Gasteiger charge is -2.42. The number of thioether (sulfide) groups is 1. The monoisotopic (exact) mass is 533 g/mol. The average Bonchev–Trinajstić information content (AvgIpc) is 3.18. The average molecular weight is 534 g/mol. The minimum absolute atomic E-state index is 0.0686. The molecule has 3 aromatic carbocycles. The lowest BCUT2D eigenvalue weighted by atomic mass is 9.79. The van der Waals surface area contributed by atoms with Crippen molar-refractivity contribution >= 4 is 51.7 Å². The van der Waals surface area contributed by atoms with Gasteiger partial charge in [0.15, 0.2) is 11.0 Å². The molecule has 0 radical (unpaired) electrons. The summed E-state index contributed by atoms with van der Waals surface area (Å²) in [5.41, 5.74) is 2.50. The number of ether oxygens (including phenoxy) is 1. The number of carboxylic acid groups (broad SMARTS) is 1. The molecule has 1 heterocycles. The molecule has 0 aromatic heterocycles. The van der Waals surface area contributed by atoms with Crippen LogP contribution in [-0.4, -0.2) is 33.4 Å². The summed E-state index contributed by atoms with van der Waals surface area (Å²) in [7, 11) is 0. The van der Waals surface area contributed by atoms with Crippen molar-refractivity contribution < 1.29 is 14.6 Å². The Morgan fingerprint density at radius 1 is 1.03 bits per heavy atom. The van der Waals surface area contributed by atoms with Crippen LogP contribution in [0.3, 0.4) is 0 Å². The zero-order valence-electron chi connectivity index (χ0n) is 20.6. The number of carboxylic acids is 1. The van der Waals surface area contributed by atoms with Crippen molar-refractivity contribution in [2.75, 3.05) is 10.7 Å². The SMILES string of the molecule is Cc1ccccc1N=C1N=C(SCC(=O)O)N(c2ccc(Oc3ccc(Cl)cc3)cc2)C12CCCCC2. The summed E-state index contributed by atoms with van der Waals surface area (Å²) in [6.45, 7) is 2.04. The maximum atomic E-state index is 11.5. The van der Waals surface area contributed by atoms with Crippen LogP contribution < -0.4 is 9.64 Å². The zero-order chi connectivity index (χ0) is 25.8. The first-order chi connectivity index (χ1) is 17.9. The van der Waals surface area contributed by atoms with Crippen LogP contribution in [0.15, 0.2) is 82.8 Å². The number of aliphatic imine (C=N–C) groups is 2. The third-order valence-corrected chi connectivity index (χ3v) is 7.90. The van der Waals surface area contributed by atoms with Gasteiger partial charge in [-0.05, 0) is 79.9 Å². The smallest absolute Gasteiger partial charge is 0.313 e. The number of para-hydroxylation sites is 1. The number of aryl methyl sites for hydroxylation is 1. The highest BCUT2D eigenvalue weighted by atomic mass is 35.5. The highest BCUT2D eigenvalue weighted by Crippen LogP contribution is 2.45.